The van der Waals surface area contributed by atoms with Gasteiger partial charge in [-0.2, -0.15) is 0 Å². The highest BCUT2D eigenvalue weighted by molar-refractivity contribution is 6.71. The maximum atomic E-state index is 4.09. The molecule has 0 amide bonds. The summed E-state index contributed by atoms with van der Waals surface area (Å²) in [5, 5.41) is 1.55. The molecule has 2 aromatic rings. The molecule has 0 unspecified atom stereocenters. The Morgan fingerprint density at radius 2 is 1.61 bits per heavy atom. The Balaban J connectivity index is 1.84. The molecule has 0 bridgehead atoms. The summed E-state index contributed by atoms with van der Waals surface area (Å²) >= 11 is 0. The molecule has 0 atom stereocenters. The molecule has 23 heavy (non-hydrogen) atoms. The fourth-order valence-electron chi connectivity index (χ4n) is 2.87. The summed E-state index contributed by atoms with van der Waals surface area (Å²) in [4.78, 5) is 2.53. The number of hydrogen-bond donors (Lipinski definition) is 0. The molecular weight excluding hydrogens is 294 g/mol. The quantitative estimate of drug-likeness (QED) is 0.486. The zero-order valence-corrected chi connectivity index (χ0v) is 15.5. The summed E-state index contributed by atoms with van der Waals surface area (Å²) in [5.41, 5.74) is 2.63. The highest BCUT2D eigenvalue weighted by atomic mass is 28.3. The van der Waals surface area contributed by atoms with E-state index in [1.54, 1.807) is 5.19 Å². The number of rotatable bonds is 9. The number of benzene rings is 2. The Labute approximate surface area is 143 Å². The number of hydrogen-bond acceptors (Lipinski definition) is 1. The van der Waals surface area contributed by atoms with Gasteiger partial charge in [-0.25, -0.2) is 0 Å². The Morgan fingerprint density at radius 3 is 2.22 bits per heavy atom. The molecule has 2 rings (SSSR count). The van der Waals surface area contributed by atoms with Crippen molar-refractivity contribution in [1.82, 2.24) is 4.90 Å². The zero-order chi connectivity index (χ0) is 16.5. The summed E-state index contributed by atoms with van der Waals surface area (Å²) < 4.78 is 0. The minimum absolute atomic E-state index is 0.412. The van der Waals surface area contributed by atoms with E-state index in [9.17, 15) is 0 Å². The lowest BCUT2D eigenvalue weighted by Gasteiger charge is -2.23. The molecule has 2 heteroatoms. The van der Waals surface area contributed by atoms with Gasteiger partial charge in [-0.1, -0.05) is 90.6 Å². The van der Waals surface area contributed by atoms with Gasteiger partial charge >= 0.3 is 0 Å². The van der Waals surface area contributed by atoms with Gasteiger partial charge in [-0.15, -0.1) is 0 Å². The molecule has 0 aliphatic heterocycles. The Morgan fingerprint density at radius 1 is 1.00 bits per heavy atom. The molecule has 0 fully saturated rings. The first-order valence-electron chi connectivity index (χ1n) is 8.43. The van der Waals surface area contributed by atoms with Crippen molar-refractivity contribution in [1.29, 1.82) is 0 Å². The molecule has 2 aromatic carbocycles. The van der Waals surface area contributed by atoms with Gasteiger partial charge in [0.05, 0.1) is 8.80 Å². The Kier molecular flexibility index (Phi) is 7.30. The highest BCUT2D eigenvalue weighted by Gasteiger charge is 2.10. The molecule has 1 nitrogen and oxygen atoms in total. The molecule has 0 saturated carbocycles. The van der Waals surface area contributed by atoms with Crippen molar-refractivity contribution < 1.29 is 0 Å². The smallest absolute Gasteiger partial charge is 0.0824 e. The van der Waals surface area contributed by atoms with E-state index in [0.717, 1.165) is 19.6 Å². The fourth-order valence-corrected chi connectivity index (χ4v) is 4.61. The van der Waals surface area contributed by atoms with Crippen LogP contribution in [0.15, 0.2) is 72.8 Å². The van der Waals surface area contributed by atoms with Gasteiger partial charge in [0.2, 0.25) is 0 Å². The van der Waals surface area contributed by atoms with Crippen LogP contribution in [0.4, 0.5) is 0 Å². The van der Waals surface area contributed by atoms with Crippen molar-refractivity contribution in [2.45, 2.75) is 32.5 Å². The Hall–Kier alpha value is -1.64. The van der Waals surface area contributed by atoms with Crippen LogP contribution in [0.1, 0.15) is 18.9 Å². The predicted molar refractivity (Wildman–Crippen MR) is 104 cm³/mol. The van der Waals surface area contributed by atoms with Crippen molar-refractivity contribution in [2.24, 2.45) is 0 Å². The summed E-state index contributed by atoms with van der Waals surface area (Å²) in [5.74, 6) is 0. The van der Waals surface area contributed by atoms with Crippen LogP contribution < -0.4 is 5.19 Å². The largest absolute Gasteiger partial charge is 0.295 e. The van der Waals surface area contributed by atoms with Gasteiger partial charge in [-0.3, -0.25) is 4.90 Å². The van der Waals surface area contributed by atoms with Crippen molar-refractivity contribution in [3.63, 3.8) is 0 Å². The molecule has 0 aliphatic carbocycles. The van der Waals surface area contributed by atoms with Crippen LogP contribution >= 0.6 is 0 Å². The van der Waals surface area contributed by atoms with E-state index in [-0.39, 0.29) is 0 Å². The zero-order valence-electron chi connectivity index (χ0n) is 14.5. The second-order valence-corrected chi connectivity index (χ2v) is 9.04. The van der Waals surface area contributed by atoms with E-state index in [1.807, 2.05) is 0 Å². The monoisotopic (exact) mass is 322 g/mol. The molecule has 0 N–H and O–H groups in total. The van der Waals surface area contributed by atoms with Gasteiger partial charge in [0.1, 0.15) is 0 Å². The maximum absolute atomic E-state index is 4.09. The van der Waals surface area contributed by atoms with E-state index >= 15 is 0 Å². The maximum Gasteiger partial charge on any atom is 0.0824 e. The first kappa shape index (κ1) is 17.7. The second kappa shape index (κ2) is 9.49. The van der Waals surface area contributed by atoms with Crippen molar-refractivity contribution in [2.75, 3.05) is 13.1 Å². The van der Waals surface area contributed by atoms with E-state index in [4.69, 9.17) is 0 Å². The topological polar surface area (TPSA) is 3.24 Å². The highest BCUT2D eigenvalue weighted by Crippen LogP contribution is 2.09. The minimum atomic E-state index is -0.412. The van der Waals surface area contributed by atoms with Crippen LogP contribution in [0.3, 0.4) is 0 Å². The van der Waals surface area contributed by atoms with Crippen molar-refractivity contribution in [3.8, 4) is 0 Å². The first-order chi connectivity index (χ1) is 11.1. The Bertz CT molecular complexity index is 579. The standard InChI is InChI=1S/C21H28NSi/c1-19(2)17-22(18-20-11-6-4-7-12-20)15-10-16-23(3)21-13-8-5-9-14-21/h4-9,11-14H,1,10,15-18H2,2-3H3. The first-order valence-corrected chi connectivity index (χ1v) is 10.6. The fraction of sp³-hybridized carbons (Fsp3) is 0.333. The summed E-state index contributed by atoms with van der Waals surface area (Å²) in [6.45, 7) is 11.8. The van der Waals surface area contributed by atoms with E-state index in [2.05, 4.69) is 85.6 Å². The third kappa shape index (κ3) is 6.55. The average molecular weight is 323 g/mol. The molecule has 0 aliphatic rings. The summed E-state index contributed by atoms with van der Waals surface area (Å²) in [7, 11) is -0.412. The van der Waals surface area contributed by atoms with Crippen LogP contribution in [0.5, 0.6) is 0 Å². The third-order valence-electron chi connectivity index (χ3n) is 4.04. The third-order valence-corrected chi connectivity index (χ3v) is 6.46. The lowest BCUT2D eigenvalue weighted by Crippen LogP contribution is -2.30. The van der Waals surface area contributed by atoms with Crippen LogP contribution in [0, 0.1) is 0 Å². The summed E-state index contributed by atoms with van der Waals surface area (Å²) in [6.07, 6.45) is 1.26. The van der Waals surface area contributed by atoms with Crippen molar-refractivity contribution in [3.05, 3.63) is 78.4 Å². The van der Waals surface area contributed by atoms with Gasteiger partial charge in [0.15, 0.2) is 0 Å². The molecule has 0 spiro atoms. The van der Waals surface area contributed by atoms with Crippen LogP contribution in [0.2, 0.25) is 12.6 Å². The van der Waals surface area contributed by atoms with Gasteiger partial charge in [0.25, 0.3) is 0 Å². The minimum Gasteiger partial charge on any atom is -0.295 e. The van der Waals surface area contributed by atoms with Crippen LogP contribution in [-0.4, -0.2) is 26.8 Å². The van der Waals surface area contributed by atoms with Crippen LogP contribution in [0.25, 0.3) is 0 Å². The van der Waals surface area contributed by atoms with E-state index in [0.29, 0.717) is 0 Å². The van der Waals surface area contributed by atoms with Gasteiger partial charge < -0.3 is 0 Å². The number of nitrogens with zero attached hydrogens (tertiary/aromatic N) is 1. The molecule has 121 valence electrons. The summed E-state index contributed by atoms with van der Waals surface area (Å²) in [6, 6.07) is 23.1. The lowest BCUT2D eigenvalue weighted by atomic mass is 10.2. The van der Waals surface area contributed by atoms with E-state index < -0.39 is 8.80 Å². The molecular formula is C21H28NSi. The predicted octanol–water partition coefficient (Wildman–Crippen LogP) is 4.49. The van der Waals surface area contributed by atoms with Gasteiger partial charge in [-0.05, 0) is 25.5 Å². The molecule has 1 radical (unpaired) electrons. The molecule has 0 heterocycles. The second-order valence-electron chi connectivity index (χ2n) is 6.40. The normalized spacial score (nSPS) is 11.1. The van der Waals surface area contributed by atoms with E-state index in [1.165, 1.54) is 23.6 Å². The SMILES string of the molecule is C=C(C)CN(CCC[Si](C)c1ccccc1)Cc1ccccc1. The molecule has 0 aromatic heterocycles. The molecule has 0 saturated heterocycles. The van der Waals surface area contributed by atoms with Crippen LogP contribution in [-0.2, 0) is 6.54 Å². The lowest BCUT2D eigenvalue weighted by molar-refractivity contribution is 0.289. The average Bonchev–Trinajstić information content (AvgIpc) is 2.56. The van der Waals surface area contributed by atoms with Crippen molar-refractivity contribution >= 4 is 14.0 Å². The van der Waals surface area contributed by atoms with Gasteiger partial charge in [0, 0.05) is 13.1 Å².